The van der Waals surface area contributed by atoms with E-state index in [0.717, 1.165) is 24.3 Å². The van der Waals surface area contributed by atoms with Gasteiger partial charge in [-0.2, -0.15) is 0 Å². The lowest BCUT2D eigenvalue weighted by molar-refractivity contribution is 0.315. The number of nitrogens with zero attached hydrogens (tertiary/aromatic N) is 3. The van der Waals surface area contributed by atoms with E-state index in [4.69, 9.17) is 10.4 Å². The average molecular weight is 262 g/mol. The second kappa shape index (κ2) is 5.91. The van der Waals surface area contributed by atoms with Gasteiger partial charge < -0.3 is 10.6 Å². The molecular formula is C14H22N4O. The molecule has 0 bridgehead atoms. The molecule has 0 aliphatic rings. The van der Waals surface area contributed by atoms with Gasteiger partial charge in [-0.15, -0.1) is 0 Å². The molecule has 0 radical (unpaired) electrons. The fourth-order valence-corrected chi connectivity index (χ4v) is 2.38. The fraction of sp³-hybridized carbons (Fsp3) is 0.571. The molecule has 1 heterocycles. The van der Waals surface area contributed by atoms with E-state index in [0.29, 0.717) is 17.1 Å². The Morgan fingerprint density at radius 1 is 1.16 bits per heavy atom. The van der Waals surface area contributed by atoms with Crippen molar-refractivity contribution >= 4 is 22.4 Å². The van der Waals surface area contributed by atoms with Crippen molar-refractivity contribution in [2.45, 2.75) is 33.6 Å². The molecule has 0 unspecified atom stereocenters. The molecule has 1 aromatic carbocycles. The van der Waals surface area contributed by atoms with Crippen LogP contribution in [0.15, 0.2) is 16.8 Å². The SMILES string of the molecule is CCC(CC)CN(CC)c1ccc(N)c2nonc12. The highest BCUT2D eigenvalue weighted by Crippen LogP contribution is 2.29. The Bertz CT molecular complexity index is 533. The van der Waals surface area contributed by atoms with Crippen LogP contribution in [0.5, 0.6) is 0 Å². The molecule has 0 saturated heterocycles. The van der Waals surface area contributed by atoms with Gasteiger partial charge in [-0.3, -0.25) is 0 Å². The molecular weight excluding hydrogens is 240 g/mol. The third-order valence-electron chi connectivity index (χ3n) is 3.78. The van der Waals surface area contributed by atoms with Gasteiger partial charge in [0.05, 0.1) is 11.4 Å². The van der Waals surface area contributed by atoms with Gasteiger partial charge in [-0.05, 0) is 35.3 Å². The molecule has 104 valence electrons. The summed E-state index contributed by atoms with van der Waals surface area (Å²) in [6.07, 6.45) is 2.37. The molecule has 0 fully saturated rings. The predicted octanol–water partition coefficient (Wildman–Crippen LogP) is 3.07. The summed E-state index contributed by atoms with van der Waals surface area (Å²) in [7, 11) is 0. The minimum atomic E-state index is 0.610. The summed E-state index contributed by atoms with van der Waals surface area (Å²) in [5.74, 6) is 0.687. The Morgan fingerprint density at radius 3 is 2.47 bits per heavy atom. The van der Waals surface area contributed by atoms with Crippen LogP contribution in [-0.2, 0) is 0 Å². The van der Waals surface area contributed by atoms with Crippen LogP contribution >= 0.6 is 0 Å². The molecule has 19 heavy (non-hydrogen) atoms. The van der Waals surface area contributed by atoms with Gasteiger partial charge >= 0.3 is 0 Å². The third kappa shape index (κ3) is 2.64. The third-order valence-corrected chi connectivity index (χ3v) is 3.78. The van der Waals surface area contributed by atoms with E-state index in [1.165, 1.54) is 12.8 Å². The topological polar surface area (TPSA) is 68.2 Å². The molecule has 0 amide bonds. The molecule has 0 spiro atoms. The van der Waals surface area contributed by atoms with Crippen LogP contribution in [0.1, 0.15) is 33.6 Å². The first-order chi connectivity index (χ1) is 9.21. The second-order valence-corrected chi connectivity index (χ2v) is 4.86. The number of benzene rings is 1. The number of fused-ring (bicyclic) bond motifs is 1. The first kappa shape index (κ1) is 13.6. The van der Waals surface area contributed by atoms with Crippen LogP contribution in [0.4, 0.5) is 11.4 Å². The van der Waals surface area contributed by atoms with Gasteiger partial charge in [0.2, 0.25) is 0 Å². The molecule has 0 saturated carbocycles. The van der Waals surface area contributed by atoms with E-state index < -0.39 is 0 Å². The summed E-state index contributed by atoms with van der Waals surface area (Å²) in [6.45, 7) is 8.58. The standard InChI is InChI=1S/C14H22N4O/c1-4-10(5-2)9-18(6-3)12-8-7-11(15)13-14(12)17-19-16-13/h7-8,10H,4-6,9,15H2,1-3H3. The van der Waals surface area contributed by atoms with Crippen molar-refractivity contribution in [3.63, 3.8) is 0 Å². The maximum absolute atomic E-state index is 5.88. The molecule has 5 heteroatoms. The Labute approximate surface area is 113 Å². The highest BCUT2D eigenvalue weighted by atomic mass is 16.6. The smallest absolute Gasteiger partial charge is 0.160 e. The van der Waals surface area contributed by atoms with E-state index in [9.17, 15) is 0 Å². The first-order valence-electron chi connectivity index (χ1n) is 6.96. The normalized spacial score (nSPS) is 11.4. The number of nitrogens with two attached hydrogens (primary N) is 1. The van der Waals surface area contributed by atoms with Crippen LogP contribution in [0.3, 0.4) is 0 Å². The Hall–Kier alpha value is -1.78. The van der Waals surface area contributed by atoms with Crippen LogP contribution in [-0.4, -0.2) is 23.4 Å². The van der Waals surface area contributed by atoms with E-state index >= 15 is 0 Å². The van der Waals surface area contributed by atoms with E-state index in [2.05, 4.69) is 36.0 Å². The van der Waals surface area contributed by atoms with Gasteiger partial charge in [0.25, 0.3) is 0 Å². The van der Waals surface area contributed by atoms with Crippen molar-refractivity contribution in [2.75, 3.05) is 23.7 Å². The maximum atomic E-state index is 5.88. The van der Waals surface area contributed by atoms with Crippen LogP contribution < -0.4 is 10.6 Å². The Kier molecular flexibility index (Phi) is 4.24. The molecule has 0 aliphatic carbocycles. The Balaban J connectivity index is 2.35. The summed E-state index contributed by atoms with van der Waals surface area (Å²) >= 11 is 0. The summed E-state index contributed by atoms with van der Waals surface area (Å²) in [4.78, 5) is 2.32. The zero-order chi connectivity index (χ0) is 13.8. The van der Waals surface area contributed by atoms with Gasteiger partial charge in [0, 0.05) is 13.1 Å². The Morgan fingerprint density at radius 2 is 1.84 bits per heavy atom. The minimum absolute atomic E-state index is 0.610. The first-order valence-corrected chi connectivity index (χ1v) is 6.96. The van der Waals surface area contributed by atoms with Crippen molar-refractivity contribution in [1.82, 2.24) is 10.3 Å². The summed E-state index contributed by atoms with van der Waals surface area (Å²) in [5, 5.41) is 7.88. The lowest BCUT2D eigenvalue weighted by Gasteiger charge is -2.27. The molecule has 5 nitrogen and oxygen atoms in total. The molecule has 2 aromatic rings. The summed E-state index contributed by atoms with van der Waals surface area (Å²) < 4.78 is 4.83. The second-order valence-electron chi connectivity index (χ2n) is 4.86. The van der Waals surface area contributed by atoms with Gasteiger partial charge in [0.15, 0.2) is 11.0 Å². The summed E-state index contributed by atoms with van der Waals surface area (Å²) in [6, 6.07) is 3.88. The predicted molar refractivity (Wildman–Crippen MR) is 78.2 cm³/mol. The minimum Gasteiger partial charge on any atom is -0.397 e. The molecule has 1 aromatic heterocycles. The van der Waals surface area contributed by atoms with Gasteiger partial charge in [0.1, 0.15) is 0 Å². The van der Waals surface area contributed by atoms with Crippen LogP contribution in [0.25, 0.3) is 11.0 Å². The molecule has 2 N–H and O–H groups in total. The molecule has 2 rings (SSSR count). The van der Waals surface area contributed by atoms with Crippen molar-refractivity contribution in [3.05, 3.63) is 12.1 Å². The van der Waals surface area contributed by atoms with Crippen molar-refractivity contribution < 1.29 is 4.63 Å². The number of hydrogen-bond acceptors (Lipinski definition) is 5. The lowest BCUT2D eigenvalue weighted by atomic mass is 10.0. The van der Waals surface area contributed by atoms with E-state index in [1.54, 1.807) is 0 Å². The number of nitrogen functional groups attached to an aromatic ring is 1. The highest BCUT2D eigenvalue weighted by molar-refractivity contribution is 5.95. The number of hydrogen-bond donors (Lipinski definition) is 1. The van der Waals surface area contributed by atoms with Gasteiger partial charge in [-0.25, -0.2) is 4.63 Å². The molecule has 0 aliphatic heterocycles. The summed E-state index contributed by atoms with van der Waals surface area (Å²) in [5.41, 5.74) is 8.96. The average Bonchev–Trinajstić information content (AvgIpc) is 2.92. The van der Waals surface area contributed by atoms with E-state index in [1.807, 2.05) is 12.1 Å². The van der Waals surface area contributed by atoms with Crippen LogP contribution in [0.2, 0.25) is 0 Å². The van der Waals surface area contributed by atoms with Crippen molar-refractivity contribution in [1.29, 1.82) is 0 Å². The zero-order valence-electron chi connectivity index (χ0n) is 11.9. The van der Waals surface area contributed by atoms with Crippen LogP contribution in [0, 0.1) is 5.92 Å². The largest absolute Gasteiger partial charge is 0.397 e. The fourth-order valence-electron chi connectivity index (χ4n) is 2.38. The molecule has 0 atom stereocenters. The quantitative estimate of drug-likeness (QED) is 0.810. The highest BCUT2D eigenvalue weighted by Gasteiger charge is 2.17. The van der Waals surface area contributed by atoms with E-state index in [-0.39, 0.29) is 0 Å². The maximum Gasteiger partial charge on any atom is 0.160 e. The van der Waals surface area contributed by atoms with Crippen molar-refractivity contribution in [3.8, 4) is 0 Å². The number of aromatic nitrogens is 2. The monoisotopic (exact) mass is 262 g/mol. The van der Waals surface area contributed by atoms with Crippen molar-refractivity contribution in [2.24, 2.45) is 5.92 Å². The number of anilines is 2. The number of rotatable bonds is 6. The zero-order valence-corrected chi connectivity index (χ0v) is 11.9. The van der Waals surface area contributed by atoms with Gasteiger partial charge in [-0.1, -0.05) is 26.7 Å². The lowest BCUT2D eigenvalue weighted by Crippen LogP contribution is -2.29.